The van der Waals surface area contributed by atoms with E-state index in [1.165, 1.54) is 66.9 Å². The number of benzene rings is 6. The molecule has 324 valence electrons. The van der Waals surface area contributed by atoms with Gasteiger partial charge in [0.25, 0.3) is 0 Å². The Labute approximate surface area is 365 Å². The molecular weight excluding hydrogens is 854 g/mol. The van der Waals surface area contributed by atoms with Gasteiger partial charge in [0.2, 0.25) is 5.78 Å². The molecule has 0 heterocycles. The van der Waals surface area contributed by atoms with E-state index < -0.39 is 23.0 Å². The van der Waals surface area contributed by atoms with Gasteiger partial charge >= 0.3 is 17.2 Å². The molecule has 1 aliphatic rings. The van der Waals surface area contributed by atoms with Gasteiger partial charge in [0.15, 0.2) is 46.0 Å². The molecule has 0 radical (unpaired) electrons. The van der Waals surface area contributed by atoms with Gasteiger partial charge in [0.05, 0.1) is 53.8 Å². The van der Waals surface area contributed by atoms with Crippen LogP contribution in [0.5, 0.6) is 69.0 Å². The van der Waals surface area contributed by atoms with Crippen molar-refractivity contribution >= 4 is 35.6 Å². The highest BCUT2D eigenvalue weighted by molar-refractivity contribution is 7.43. The van der Waals surface area contributed by atoms with E-state index in [-0.39, 0.29) is 57.1 Å². The molecular formula is C46H40O15P2. The second kappa shape index (κ2) is 20.1. The van der Waals surface area contributed by atoms with Gasteiger partial charge in [-0.3, -0.25) is 14.4 Å². The number of carbonyl (C=O) groups is 3. The minimum atomic E-state index is -2.46. The van der Waals surface area contributed by atoms with Crippen molar-refractivity contribution in [3.05, 3.63) is 143 Å². The van der Waals surface area contributed by atoms with E-state index in [2.05, 4.69) is 0 Å². The van der Waals surface area contributed by atoms with Crippen LogP contribution in [0, 0.1) is 0 Å². The van der Waals surface area contributed by atoms with Crippen molar-refractivity contribution in [1.29, 1.82) is 0 Å². The summed E-state index contributed by atoms with van der Waals surface area (Å²) >= 11 is 0. The van der Waals surface area contributed by atoms with Crippen molar-refractivity contribution in [2.45, 2.75) is 6.42 Å². The van der Waals surface area contributed by atoms with E-state index in [4.69, 9.17) is 55.6 Å². The van der Waals surface area contributed by atoms with Crippen LogP contribution in [0.15, 0.2) is 109 Å². The zero-order valence-corrected chi connectivity index (χ0v) is 36.6. The van der Waals surface area contributed by atoms with Crippen molar-refractivity contribution in [3.8, 4) is 69.0 Å². The molecule has 0 fully saturated rings. The van der Waals surface area contributed by atoms with Gasteiger partial charge in [-0.15, -0.1) is 0 Å². The molecule has 0 atom stereocenters. The third kappa shape index (κ3) is 9.80. The zero-order valence-electron chi connectivity index (χ0n) is 34.8. The average molecular weight is 895 g/mol. The molecule has 0 saturated heterocycles. The van der Waals surface area contributed by atoms with E-state index in [0.717, 1.165) is 0 Å². The molecule has 6 aromatic rings. The Balaban J connectivity index is 1.26. The summed E-state index contributed by atoms with van der Waals surface area (Å²) in [5.74, 6) is 3.00. The first kappa shape index (κ1) is 43.9. The molecule has 0 unspecified atom stereocenters. The van der Waals surface area contributed by atoms with E-state index in [1.54, 1.807) is 72.8 Å². The van der Waals surface area contributed by atoms with Gasteiger partial charge in [0, 0.05) is 23.3 Å². The molecule has 0 saturated carbocycles. The second-order valence-electron chi connectivity index (χ2n) is 13.2. The molecule has 0 N–H and O–H groups in total. The number of ether oxygens (including phenoxy) is 6. The molecule has 63 heavy (non-hydrogen) atoms. The van der Waals surface area contributed by atoms with E-state index in [9.17, 15) is 14.4 Å². The van der Waals surface area contributed by atoms with Gasteiger partial charge in [-0.1, -0.05) is 24.3 Å². The Bertz CT molecular complexity index is 2520. The smallest absolute Gasteiger partial charge is 0.497 e. The Morgan fingerprint density at radius 2 is 0.746 bits per heavy atom. The van der Waals surface area contributed by atoms with Crippen molar-refractivity contribution in [3.63, 3.8) is 0 Å². The number of carbonyl (C=O) groups excluding carboxylic acids is 3. The lowest BCUT2D eigenvalue weighted by atomic mass is 9.84. The first-order valence-electron chi connectivity index (χ1n) is 18.9. The van der Waals surface area contributed by atoms with Crippen LogP contribution in [-0.4, -0.2) is 61.0 Å². The minimum Gasteiger partial charge on any atom is -0.497 e. The molecule has 7 rings (SSSR count). The zero-order chi connectivity index (χ0) is 44.5. The van der Waals surface area contributed by atoms with Gasteiger partial charge in [0.1, 0.15) is 35.6 Å². The van der Waals surface area contributed by atoms with Crippen LogP contribution in [-0.2, 0) is 6.42 Å². The number of fused-ring (bicyclic) bond motifs is 2. The highest BCUT2D eigenvalue weighted by Gasteiger charge is 2.35. The summed E-state index contributed by atoms with van der Waals surface area (Å²) in [6, 6.07) is 29.6. The number of aldehydes is 2. The average Bonchev–Trinajstić information content (AvgIpc) is 3.31. The fourth-order valence-electron chi connectivity index (χ4n) is 6.41. The molecule has 0 aromatic heterocycles. The van der Waals surface area contributed by atoms with Crippen LogP contribution in [0.2, 0.25) is 0 Å². The maximum absolute atomic E-state index is 14.9. The Hall–Kier alpha value is -7.21. The number of hydrogen-bond acceptors (Lipinski definition) is 15. The van der Waals surface area contributed by atoms with E-state index >= 15 is 0 Å². The fraction of sp³-hybridized carbons (Fsp3) is 0.152. The van der Waals surface area contributed by atoms with Gasteiger partial charge in [-0.25, -0.2) is 0 Å². The summed E-state index contributed by atoms with van der Waals surface area (Å²) in [5.41, 5.74) is 2.51. The molecule has 17 heteroatoms. The van der Waals surface area contributed by atoms with Gasteiger partial charge < -0.3 is 55.6 Å². The molecule has 0 spiro atoms. The van der Waals surface area contributed by atoms with Crippen molar-refractivity contribution in [2.24, 2.45) is 0 Å². The summed E-state index contributed by atoms with van der Waals surface area (Å²) in [7, 11) is 4.05. The molecule has 15 nitrogen and oxygen atoms in total. The fourth-order valence-corrected chi connectivity index (χ4v) is 8.50. The number of methoxy groups -OCH3 is 6. The Kier molecular flexibility index (Phi) is 14.0. The third-order valence-electron chi connectivity index (χ3n) is 9.49. The minimum absolute atomic E-state index is 0.136. The highest BCUT2D eigenvalue weighted by Crippen LogP contribution is 2.52. The van der Waals surface area contributed by atoms with Crippen LogP contribution in [0.4, 0.5) is 0 Å². The number of ketones is 1. The first-order valence-corrected chi connectivity index (χ1v) is 21.1. The Morgan fingerprint density at radius 1 is 0.397 bits per heavy atom. The predicted octanol–water partition coefficient (Wildman–Crippen LogP) is 10.0. The normalized spacial score (nSPS) is 11.4. The summed E-state index contributed by atoms with van der Waals surface area (Å²) in [6.07, 6.45) is 1.67. The molecule has 6 aromatic carbocycles. The summed E-state index contributed by atoms with van der Waals surface area (Å²) in [4.78, 5) is 38.1. The third-order valence-corrected chi connectivity index (χ3v) is 11.6. The topological polar surface area (TPSA) is 162 Å². The number of rotatable bonds is 20. The quantitative estimate of drug-likeness (QED) is 0.0524. The lowest BCUT2D eigenvalue weighted by Crippen LogP contribution is -2.18. The predicted molar refractivity (Wildman–Crippen MR) is 233 cm³/mol. The van der Waals surface area contributed by atoms with Crippen molar-refractivity contribution < 1.29 is 69.9 Å². The van der Waals surface area contributed by atoms with Crippen molar-refractivity contribution in [2.75, 3.05) is 42.7 Å². The summed E-state index contributed by atoms with van der Waals surface area (Å²) in [5, 5.41) is 0. The Morgan fingerprint density at radius 3 is 1.10 bits per heavy atom. The van der Waals surface area contributed by atoms with Crippen LogP contribution in [0.1, 0.15) is 47.8 Å². The maximum Gasteiger partial charge on any atom is 0.530 e. The van der Waals surface area contributed by atoms with Crippen LogP contribution >= 0.6 is 17.2 Å². The lowest BCUT2D eigenvalue weighted by molar-refractivity contribution is 0.103. The van der Waals surface area contributed by atoms with Gasteiger partial charge in [-0.2, -0.15) is 0 Å². The first-order chi connectivity index (χ1) is 30.7. The van der Waals surface area contributed by atoms with Crippen molar-refractivity contribution in [1.82, 2.24) is 0 Å². The maximum atomic E-state index is 14.9. The lowest BCUT2D eigenvalue weighted by Gasteiger charge is -2.26. The molecule has 0 bridgehead atoms. The molecule has 0 aliphatic heterocycles. The van der Waals surface area contributed by atoms with Crippen LogP contribution in [0.3, 0.4) is 0 Å². The standard InChI is InChI=1S/C46H40O15P2/c1-50-32-15-19-36(42(24-32)54-5)58-63(59-37-20-16-33(51-2)25-43(37)55-6)61-39-12-8-10-31-23-30-9-7-11-38(44(30)46(49)45(31)39)60-62(56-34-17-13-28(26-47)21-40(34)52-3)57-35-18-14-29(27-48)22-41(35)53-4/h7-22,24-27H,23H2,1-6H3. The number of hydrogen-bond donors (Lipinski definition) is 0. The molecule has 1 aliphatic carbocycles. The summed E-state index contributed by atoms with van der Waals surface area (Å²) < 4.78 is 71.4. The molecule has 0 amide bonds. The van der Waals surface area contributed by atoms with E-state index in [0.29, 0.717) is 64.2 Å². The SMILES string of the molecule is COc1ccc(OP(Oc2ccc(OC)cc2OC)Oc2cccc3c2C(=O)c2c(cccc2OP(Oc2ccc(C=O)cc2OC)Oc2ccc(C=O)cc2OC)C3)c(OC)c1. The van der Waals surface area contributed by atoms with E-state index in [1.807, 2.05) is 12.1 Å². The largest absolute Gasteiger partial charge is 0.530 e. The monoisotopic (exact) mass is 894 g/mol. The van der Waals surface area contributed by atoms with Gasteiger partial charge in [-0.05, 0) is 90.3 Å². The highest BCUT2D eigenvalue weighted by atomic mass is 31.2. The second-order valence-corrected chi connectivity index (χ2v) is 15.2. The van der Waals surface area contributed by atoms with Crippen LogP contribution < -0.4 is 55.6 Å². The summed E-state index contributed by atoms with van der Waals surface area (Å²) in [6.45, 7) is 0. The van der Waals surface area contributed by atoms with Crippen LogP contribution in [0.25, 0.3) is 0 Å².